The summed E-state index contributed by atoms with van der Waals surface area (Å²) in [6.45, 7) is 1.19. The lowest BCUT2D eigenvalue weighted by molar-refractivity contribution is -0.268. The van der Waals surface area contributed by atoms with Crippen LogP contribution in [0.3, 0.4) is 0 Å². The van der Waals surface area contributed by atoms with Crippen LogP contribution in [0, 0.1) is 0 Å². The molecule has 5 heteroatoms. The van der Waals surface area contributed by atoms with Crippen molar-refractivity contribution in [2.75, 3.05) is 0 Å². The van der Waals surface area contributed by atoms with Crippen LogP contribution in [0.5, 0.6) is 11.5 Å². The molecule has 1 rings (SSSR count). The first kappa shape index (κ1) is 10.0. The number of carbonyl (C=O) groups excluding carboxylic acids is 1. The molecule has 0 spiro atoms. The molecule has 0 amide bonds. The highest BCUT2D eigenvalue weighted by atomic mass is 16.5. The Hall–Kier alpha value is -2.04. The summed E-state index contributed by atoms with van der Waals surface area (Å²) in [5.74, 6) is -2.50. The van der Waals surface area contributed by atoms with Gasteiger partial charge in [0, 0.05) is 6.92 Å². The maximum atomic E-state index is 11.1. The Kier molecular flexibility index (Phi) is 2.71. The molecular formula is C9H7O5-. The van der Waals surface area contributed by atoms with Crippen molar-refractivity contribution in [3.05, 3.63) is 23.8 Å². The predicted molar refractivity (Wildman–Crippen MR) is 44.2 cm³/mol. The number of rotatable bonds is 2. The highest BCUT2D eigenvalue weighted by Crippen LogP contribution is 2.21. The van der Waals surface area contributed by atoms with E-state index in [0.29, 0.717) is 0 Å². The zero-order chi connectivity index (χ0) is 10.7. The number of aromatic carboxylic acids is 1. The topological polar surface area (TPSA) is 86.7 Å². The zero-order valence-electron chi connectivity index (χ0n) is 7.31. The number of hydrogen-bond acceptors (Lipinski definition) is 4. The maximum absolute atomic E-state index is 11.1. The Morgan fingerprint density at radius 1 is 1.43 bits per heavy atom. The van der Waals surface area contributed by atoms with Gasteiger partial charge >= 0.3 is 11.9 Å². The Balaban J connectivity index is 3.00. The molecule has 1 aromatic rings. The molecule has 0 bridgehead atoms. The summed E-state index contributed by atoms with van der Waals surface area (Å²) in [6.07, 6.45) is 0. The van der Waals surface area contributed by atoms with E-state index in [2.05, 4.69) is 4.74 Å². The van der Waals surface area contributed by atoms with Crippen molar-refractivity contribution in [3.8, 4) is 11.5 Å². The molecular weight excluding hydrogens is 188 g/mol. The second-order valence-corrected chi connectivity index (χ2v) is 2.56. The minimum Gasteiger partial charge on any atom is -0.872 e. The number of esters is 1. The largest absolute Gasteiger partial charge is 0.872 e. The molecule has 1 aromatic carbocycles. The van der Waals surface area contributed by atoms with Crippen molar-refractivity contribution >= 4 is 11.9 Å². The molecule has 0 radical (unpaired) electrons. The van der Waals surface area contributed by atoms with Gasteiger partial charge in [-0.3, -0.25) is 4.79 Å². The number of carbonyl (C=O) groups is 2. The highest BCUT2D eigenvalue weighted by Gasteiger charge is 2.05. The molecule has 74 valence electrons. The molecule has 0 fully saturated rings. The molecule has 0 saturated carbocycles. The van der Waals surface area contributed by atoms with E-state index in [1.165, 1.54) is 13.0 Å². The third-order valence-electron chi connectivity index (χ3n) is 1.45. The third-order valence-corrected chi connectivity index (χ3v) is 1.45. The van der Waals surface area contributed by atoms with Crippen LogP contribution >= 0.6 is 0 Å². The van der Waals surface area contributed by atoms with Crippen molar-refractivity contribution in [1.82, 2.24) is 0 Å². The predicted octanol–water partition coefficient (Wildman–Crippen LogP) is 0.384. The highest BCUT2D eigenvalue weighted by molar-refractivity contribution is 5.90. The number of carboxylic acids is 1. The summed E-state index contributed by atoms with van der Waals surface area (Å²) >= 11 is 0. The van der Waals surface area contributed by atoms with E-state index < -0.39 is 17.7 Å². The van der Waals surface area contributed by atoms with Gasteiger partial charge in [0.05, 0.1) is 5.56 Å². The first-order valence-electron chi connectivity index (χ1n) is 3.73. The van der Waals surface area contributed by atoms with Crippen molar-refractivity contribution in [2.24, 2.45) is 0 Å². The van der Waals surface area contributed by atoms with Crippen molar-refractivity contribution < 1.29 is 24.5 Å². The van der Waals surface area contributed by atoms with E-state index in [1.807, 2.05) is 0 Å². The zero-order valence-corrected chi connectivity index (χ0v) is 7.31. The molecule has 1 N–H and O–H groups in total. The van der Waals surface area contributed by atoms with Crippen LogP contribution in [-0.2, 0) is 4.79 Å². The van der Waals surface area contributed by atoms with Crippen LogP contribution < -0.4 is 9.84 Å². The molecule has 0 heterocycles. The minimum absolute atomic E-state index is 0.0486. The summed E-state index contributed by atoms with van der Waals surface area (Å²) in [7, 11) is 0. The van der Waals surface area contributed by atoms with Gasteiger partial charge < -0.3 is 14.9 Å². The van der Waals surface area contributed by atoms with Crippen LogP contribution in [0.2, 0.25) is 0 Å². The normalized spacial score (nSPS) is 9.50. The first-order valence-corrected chi connectivity index (χ1v) is 3.73. The van der Waals surface area contributed by atoms with Gasteiger partial charge in [0.2, 0.25) is 0 Å². The Morgan fingerprint density at radius 2 is 2.07 bits per heavy atom. The summed E-state index contributed by atoms with van der Waals surface area (Å²) in [6, 6.07) is 3.32. The Bertz CT molecular complexity index is 383. The second-order valence-electron chi connectivity index (χ2n) is 2.56. The van der Waals surface area contributed by atoms with Crippen LogP contribution in [-0.4, -0.2) is 17.0 Å². The molecule has 0 atom stereocenters. The lowest BCUT2D eigenvalue weighted by atomic mass is 10.2. The fourth-order valence-electron chi connectivity index (χ4n) is 0.909. The number of carboxylic acid groups (broad SMARTS) is 1. The van der Waals surface area contributed by atoms with Crippen LogP contribution in [0.25, 0.3) is 0 Å². The van der Waals surface area contributed by atoms with Gasteiger partial charge in [0.25, 0.3) is 0 Å². The molecule has 0 aliphatic heterocycles. The van der Waals surface area contributed by atoms with E-state index in [4.69, 9.17) is 5.11 Å². The maximum Gasteiger partial charge on any atom is 0.335 e. The van der Waals surface area contributed by atoms with Gasteiger partial charge in [-0.2, -0.15) is 0 Å². The number of benzene rings is 1. The molecule has 0 unspecified atom stereocenters. The molecule has 0 aliphatic carbocycles. The van der Waals surface area contributed by atoms with Crippen LogP contribution in [0.4, 0.5) is 0 Å². The lowest BCUT2D eigenvalue weighted by Crippen LogP contribution is -2.06. The van der Waals surface area contributed by atoms with Crippen molar-refractivity contribution in [2.45, 2.75) is 6.92 Å². The average molecular weight is 195 g/mol. The summed E-state index contributed by atoms with van der Waals surface area (Å²) < 4.78 is 4.60. The number of ether oxygens (including phenoxy) is 1. The van der Waals surface area contributed by atoms with E-state index in [0.717, 1.165) is 12.1 Å². The van der Waals surface area contributed by atoms with E-state index >= 15 is 0 Å². The summed E-state index contributed by atoms with van der Waals surface area (Å²) in [4.78, 5) is 21.0. The lowest BCUT2D eigenvalue weighted by Gasteiger charge is -2.11. The first-order chi connectivity index (χ1) is 6.50. The Labute approximate surface area is 79.6 Å². The molecule has 5 nitrogen and oxygen atoms in total. The van der Waals surface area contributed by atoms with Gasteiger partial charge in [0.1, 0.15) is 5.75 Å². The quantitative estimate of drug-likeness (QED) is 0.544. The SMILES string of the molecule is CC(=O)Oc1ccc(C(=O)O)c([O-])c1. The minimum atomic E-state index is -1.30. The second kappa shape index (κ2) is 3.78. The third kappa shape index (κ3) is 2.22. The molecule has 14 heavy (non-hydrogen) atoms. The van der Waals surface area contributed by atoms with E-state index in [-0.39, 0.29) is 11.3 Å². The fraction of sp³-hybridized carbons (Fsp3) is 0.111. The van der Waals surface area contributed by atoms with Crippen LogP contribution in [0.1, 0.15) is 17.3 Å². The van der Waals surface area contributed by atoms with Gasteiger partial charge in [-0.1, -0.05) is 5.75 Å². The molecule has 0 aliphatic rings. The molecule has 0 aromatic heterocycles. The van der Waals surface area contributed by atoms with E-state index in [9.17, 15) is 14.7 Å². The standard InChI is InChI=1S/C9H8O5/c1-5(10)14-6-2-3-7(9(12)13)8(11)4-6/h2-4,11H,1H3,(H,12,13)/p-1. The molecule has 0 saturated heterocycles. The fourth-order valence-corrected chi connectivity index (χ4v) is 0.909. The van der Waals surface area contributed by atoms with Crippen LogP contribution in [0.15, 0.2) is 18.2 Å². The smallest absolute Gasteiger partial charge is 0.335 e. The van der Waals surface area contributed by atoms with Gasteiger partial charge in [0.15, 0.2) is 0 Å². The van der Waals surface area contributed by atoms with E-state index in [1.54, 1.807) is 0 Å². The van der Waals surface area contributed by atoms with Crippen molar-refractivity contribution in [3.63, 3.8) is 0 Å². The summed E-state index contributed by atoms with van der Waals surface area (Å²) in [5.41, 5.74) is -0.346. The Morgan fingerprint density at radius 3 is 2.50 bits per heavy atom. The number of hydrogen-bond donors (Lipinski definition) is 1. The monoisotopic (exact) mass is 195 g/mol. The van der Waals surface area contributed by atoms with Gasteiger partial charge in [-0.15, -0.1) is 0 Å². The average Bonchev–Trinajstić information content (AvgIpc) is 2.01. The summed E-state index contributed by atoms with van der Waals surface area (Å²) in [5, 5.41) is 19.6. The van der Waals surface area contributed by atoms with Crippen molar-refractivity contribution in [1.29, 1.82) is 0 Å². The van der Waals surface area contributed by atoms with Gasteiger partial charge in [-0.25, -0.2) is 4.79 Å². The van der Waals surface area contributed by atoms with Gasteiger partial charge in [-0.05, 0) is 18.2 Å².